The minimum absolute atomic E-state index is 0.307. The van der Waals surface area contributed by atoms with E-state index in [0.717, 1.165) is 16.6 Å². The lowest BCUT2D eigenvalue weighted by Gasteiger charge is -2.13. The van der Waals surface area contributed by atoms with Crippen molar-refractivity contribution in [2.75, 3.05) is 17.9 Å². The quantitative estimate of drug-likeness (QED) is 0.436. The summed E-state index contributed by atoms with van der Waals surface area (Å²) in [6.45, 7) is 3.78. The third-order valence-electron chi connectivity index (χ3n) is 2.83. The summed E-state index contributed by atoms with van der Waals surface area (Å²) >= 11 is 1.58. The Morgan fingerprint density at radius 2 is 2.30 bits per heavy atom. The molecule has 4 N–H and O–H groups in total. The predicted molar refractivity (Wildman–Crippen MR) is 79.7 cm³/mol. The average molecular weight is 295 g/mol. The number of rotatable bonds is 5. The Balaban J connectivity index is 2.44. The van der Waals surface area contributed by atoms with E-state index in [1.807, 2.05) is 6.07 Å². The minimum Gasteiger partial charge on any atom is -0.467 e. The molecule has 0 aliphatic heterocycles. The zero-order valence-electron chi connectivity index (χ0n) is 11.6. The SMILES string of the molecule is CCc1cc2c(NC(C)C(=O)OC)nc(NN)nc2s1. The van der Waals surface area contributed by atoms with Crippen LogP contribution < -0.4 is 16.6 Å². The Kier molecular flexibility index (Phi) is 4.35. The second-order valence-electron chi connectivity index (χ2n) is 4.21. The summed E-state index contributed by atoms with van der Waals surface area (Å²) in [5, 5.41) is 3.91. The molecule has 0 radical (unpaired) electrons. The Hall–Kier alpha value is -1.93. The molecule has 0 saturated heterocycles. The van der Waals surface area contributed by atoms with E-state index in [9.17, 15) is 4.79 Å². The average Bonchev–Trinajstić information content (AvgIpc) is 2.89. The highest BCUT2D eigenvalue weighted by Crippen LogP contribution is 2.30. The number of anilines is 2. The van der Waals surface area contributed by atoms with Gasteiger partial charge in [0.1, 0.15) is 16.7 Å². The second kappa shape index (κ2) is 6.02. The predicted octanol–water partition coefficient (Wildman–Crippen LogP) is 1.51. The smallest absolute Gasteiger partial charge is 0.328 e. The van der Waals surface area contributed by atoms with Crippen molar-refractivity contribution < 1.29 is 9.53 Å². The van der Waals surface area contributed by atoms with E-state index in [0.29, 0.717) is 11.8 Å². The van der Waals surface area contributed by atoms with Crippen LogP contribution in [0.3, 0.4) is 0 Å². The highest BCUT2D eigenvalue weighted by molar-refractivity contribution is 7.18. The van der Waals surface area contributed by atoms with Crippen molar-refractivity contribution in [1.82, 2.24) is 9.97 Å². The van der Waals surface area contributed by atoms with Crippen molar-refractivity contribution in [3.05, 3.63) is 10.9 Å². The van der Waals surface area contributed by atoms with Crippen molar-refractivity contribution in [2.24, 2.45) is 5.84 Å². The molecule has 2 aromatic heterocycles. The Morgan fingerprint density at radius 1 is 1.55 bits per heavy atom. The summed E-state index contributed by atoms with van der Waals surface area (Å²) in [5.41, 5.74) is 2.43. The van der Waals surface area contributed by atoms with Crippen molar-refractivity contribution in [1.29, 1.82) is 0 Å². The monoisotopic (exact) mass is 295 g/mol. The van der Waals surface area contributed by atoms with Crippen LogP contribution in [0.15, 0.2) is 6.07 Å². The second-order valence-corrected chi connectivity index (χ2v) is 5.33. The van der Waals surface area contributed by atoms with Gasteiger partial charge in [-0.3, -0.25) is 5.43 Å². The first-order valence-electron chi connectivity index (χ1n) is 6.20. The van der Waals surface area contributed by atoms with Crippen LogP contribution in [0.2, 0.25) is 0 Å². The van der Waals surface area contributed by atoms with E-state index in [1.54, 1.807) is 18.3 Å². The summed E-state index contributed by atoms with van der Waals surface area (Å²) in [6.07, 6.45) is 0.915. The number of nitrogens with zero attached hydrogens (tertiary/aromatic N) is 2. The first-order chi connectivity index (χ1) is 9.58. The molecule has 0 amide bonds. The van der Waals surface area contributed by atoms with Crippen molar-refractivity contribution in [3.63, 3.8) is 0 Å². The highest BCUT2D eigenvalue weighted by Gasteiger charge is 2.17. The molecule has 2 heterocycles. The topological polar surface area (TPSA) is 102 Å². The van der Waals surface area contributed by atoms with E-state index >= 15 is 0 Å². The lowest BCUT2D eigenvalue weighted by atomic mass is 10.3. The van der Waals surface area contributed by atoms with Crippen LogP contribution in [-0.2, 0) is 16.0 Å². The zero-order chi connectivity index (χ0) is 14.7. The van der Waals surface area contributed by atoms with Crippen LogP contribution in [0.5, 0.6) is 0 Å². The number of hydrogen-bond acceptors (Lipinski definition) is 8. The van der Waals surface area contributed by atoms with Gasteiger partial charge in [-0.15, -0.1) is 11.3 Å². The van der Waals surface area contributed by atoms with Gasteiger partial charge in [0.05, 0.1) is 12.5 Å². The molecule has 0 saturated carbocycles. The number of carbonyl (C=O) groups is 1. The number of nitrogen functional groups attached to an aromatic ring is 1. The molecule has 8 heteroatoms. The largest absolute Gasteiger partial charge is 0.467 e. The molecule has 0 fully saturated rings. The maximum Gasteiger partial charge on any atom is 0.328 e. The Morgan fingerprint density at radius 3 is 2.90 bits per heavy atom. The van der Waals surface area contributed by atoms with E-state index in [1.165, 1.54) is 12.0 Å². The fraction of sp³-hybridized carbons (Fsp3) is 0.417. The van der Waals surface area contributed by atoms with Gasteiger partial charge in [-0.1, -0.05) is 6.92 Å². The summed E-state index contributed by atoms with van der Waals surface area (Å²) in [4.78, 5) is 22.1. The fourth-order valence-corrected chi connectivity index (χ4v) is 2.73. The van der Waals surface area contributed by atoms with Crippen molar-refractivity contribution in [2.45, 2.75) is 26.3 Å². The minimum atomic E-state index is -0.506. The number of aryl methyl sites for hydroxylation is 1. The number of methoxy groups -OCH3 is 1. The number of nitrogens with one attached hydrogen (secondary N) is 2. The molecule has 0 aromatic carbocycles. The summed E-state index contributed by atoms with van der Waals surface area (Å²) in [7, 11) is 1.35. The molecule has 0 bridgehead atoms. The van der Waals surface area contributed by atoms with E-state index in [-0.39, 0.29) is 5.97 Å². The maximum atomic E-state index is 11.5. The number of carbonyl (C=O) groups excluding carboxylic acids is 1. The van der Waals surface area contributed by atoms with Crippen LogP contribution in [0, 0.1) is 0 Å². The van der Waals surface area contributed by atoms with Gasteiger partial charge in [0, 0.05) is 4.88 Å². The molecule has 1 atom stereocenters. The van der Waals surface area contributed by atoms with Gasteiger partial charge < -0.3 is 10.1 Å². The van der Waals surface area contributed by atoms with E-state index in [4.69, 9.17) is 10.6 Å². The Labute approximate surface area is 120 Å². The number of ether oxygens (including phenoxy) is 1. The summed E-state index contributed by atoms with van der Waals surface area (Å²) in [6, 6.07) is 1.51. The number of fused-ring (bicyclic) bond motifs is 1. The van der Waals surface area contributed by atoms with E-state index in [2.05, 4.69) is 27.6 Å². The standard InChI is InChI=1S/C12H17N5O2S/c1-4-7-5-8-9(14-6(2)11(18)19-3)15-12(17-13)16-10(8)20-7/h5-6H,4,13H2,1-3H3,(H2,14,15,16,17). The molecule has 0 aliphatic rings. The lowest BCUT2D eigenvalue weighted by Crippen LogP contribution is -2.28. The highest BCUT2D eigenvalue weighted by atomic mass is 32.1. The molecule has 1 unspecified atom stereocenters. The van der Waals surface area contributed by atoms with Gasteiger partial charge in [-0.25, -0.2) is 15.6 Å². The van der Waals surface area contributed by atoms with Gasteiger partial charge in [-0.2, -0.15) is 4.98 Å². The normalized spacial score (nSPS) is 12.2. The van der Waals surface area contributed by atoms with Crippen LogP contribution in [0.4, 0.5) is 11.8 Å². The molecular formula is C12H17N5O2S. The van der Waals surface area contributed by atoms with Crippen LogP contribution in [-0.4, -0.2) is 29.1 Å². The summed E-state index contributed by atoms with van der Waals surface area (Å²) in [5.74, 6) is 5.89. The van der Waals surface area contributed by atoms with Gasteiger partial charge >= 0.3 is 5.97 Å². The number of nitrogens with two attached hydrogens (primary N) is 1. The molecule has 20 heavy (non-hydrogen) atoms. The number of hydrazine groups is 1. The van der Waals surface area contributed by atoms with Crippen molar-refractivity contribution >= 4 is 39.3 Å². The van der Waals surface area contributed by atoms with Crippen LogP contribution >= 0.6 is 11.3 Å². The molecule has 2 rings (SSSR count). The summed E-state index contributed by atoms with van der Waals surface area (Å²) < 4.78 is 4.70. The van der Waals surface area contributed by atoms with Gasteiger partial charge in [0.25, 0.3) is 0 Å². The molecule has 108 valence electrons. The molecule has 7 nitrogen and oxygen atoms in total. The Bertz CT molecular complexity index is 628. The van der Waals surface area contributed by atoms with Crippen molar-refractivity contribution in [3.8, 4) is 0 Å². The first-order valence-corrected chi connectivity index (χ1v) is 7.02. The van der Waals surface area contributed by atoms with Crippen LogP contribution in [0.1, 0.15) is 18.7 Å². The molecule has 2 aromatic rings. The third-order valence-corrected chi connectivity index (χ3v) is 4.00. The van der Waals surface area contributed by atoms with Crippen LogP contribution in [0.25, 0.3) is 10.2 Å². The van der Waals surface area contributed by atoms with Gasteiger partial charge in [0.2, 0.25) is 5.95 Å². The van der Waals surface area contributed by atoms with Gasteiger partial charge in [0.15, 0.2) is 0 Å². The maximum absolute atomic E-state index is 11.5. The molecule has 0 aliphatic carbocycles. The lowest BCUT2D eigenvalue weighted by molar-refractivity contribution is -0.141. The first kappa shape index (κ1) is 14.5. The molecule has 0 spiro atoms. The number of esters is 1. The number of aromatic nitrogens is 2. The van der Waals surface area contributed by atoms with E-state index < -0.39 is 6.04 Å². The third kappa shape index (κ3) is 2.81. The number of thiophene rings is 1. The fourth-order valence-electron chi connectivity index (χ4n) is 1.76. The number of hydrogen-bond donors (Lipinski definition) is 3. The zero-order valence-corrected chi connectivity index (χ0v) is 12.4. The molecular weight excluding hydrogens is 278 g/mol. The van der Waals surface area contributed by atoms with Gasteiger partial charge in [-0.05, 0) is 19.4 Å².